The molecule has 0 aromatic heterocycles. The van der Waals surface area contributed by atoms with Crippen LogP contribution in [0.2, 0.25) is 0 Å². The number of thioether (sulfide) groups is 1. The highest BCUT2D eigenvalue weighted by Crippen LogP contribution is 2.35. The maximum absolute atomic E-state index is 12.9. The number of amidine groups is 1. The van der Waals surface area contributed by atoms with Crippen LogP contribution in [0.25, 0.3) is 0 Å². The molecule has 112 valence electrons. The first-order chi connectivity index (χ1) is 10.2. The number of carbonyl (C=O) groups is 1. The molecule has 1 fully saturated rings. The maximum atomic E-state index is 12.9. The number of hydrogen-bond acceptors (Lipinski definition) is 4. The van der Waals surface area contributed by atoms with Gasteiger partial charge in [-0.15, -0.1) is 0 Å². The zero-order chi connectivity index (χ0) is 14.7. The molecule has 21 heavy (non-hydrogen) atoms. The number of aliphatic imine (C=N–C) groups is 1. The standard InChI is InChI=1S/C15H17FN2O2S/c16-12-5-3-11(4-6-12)13(19)17-14-18-15(8-10-21-14)7-1-2-9-20-15/h3-6H,1-2,7-10H2,(H,17,18,19). The highest BCUT2D eigenvalue weighted by molar-refractivity contribution is 8.13. The van der Waals surface area contributed by atoms with Crippen LogP contribution in [-0.4, -0.2) is 29.2 Å². The van der Waals surface area contributed by atoms with E-state index < -0.39 is 5.72 Å². The van der Waals surface area contributed by atoms with Crippen molar-refractivity contribution >= 4 is 22.8 Å². The fourth-order valence-electron chi connectivity index (χ4n) is 2.54. The second-order valence-corrected chi connectivity index (χ2v) is 6.31. The number of rotatable bonds is 1. The summed E-state index contributed by atoms with van der Waals surface area (Å²) in [5.41, 5.74) is -0.0292. The number of amides is 1. The largest absolute Gasteiger partial charge is 0.354 e. The van der Waals surface area contributed by atoms with Gasteiger partial charge in [0.15, 0.2) is 10.9 Å². The van der Waals surface area contributed by atoms with Crippen LogP contribution in [0.15, 0.2) is 29.3 Å². The van der Waals surface area contributed by atoms with Gasteiger partial charge >= 0.3 is 0 Å². The van der Waals surface area contributed by atoms with Gasteiger partial charge in [-0.25, -0.2) is 9.38 Å². The lowest BCUT2D eigenvalue weighted by molar-refractivity contribution is -0.0738. The van der Waals surface area contributed by atoms with Gasteiger partial charge in [0.25, 0.3) is 5.91 Å². The topological polar surface area (TPSA) is 50.7 Å². The SMILES string of the molecule is O=C(NC1=NC2(CCCCO2)CCS1)c1ccc(F)cc1. The molecule has 2 aliphatic heterocycles. The number of benzene rings is 1. The molecule has 1 spiro atoms. The molecule has 0 aliphatic carbocycles. The first-order valence-corrected chi connectivity index (χ1v) is 8.09. The highest BCUT2D eigenvalue weighted by Gasteiger charge is 2.36. The Morgan fingerprint density at radius 2 is 2.10 bits per heavy atom. The van der Waals surface area contributed by atoms with Gasteiger partial charge < -0.3 is 10.1 Å². The summed E-state index contributed by atoms with van der Waals surface area (Å²) in [5.74, 6) is 0.252. The summed E-state index contributed by atoms with van der Waals surface area (Å²) < 4.78 is 18.7. The molecule has 0 radical (unpaired) electrons. The minimum absolute atomic E-state index is 0.269. The van der Waals surface area contributed by atoms with Crippen LogP contribution >= 0.6 is 11.8 Å². The van der Waals surface area contributed by atoms with E-state index in [1.165, 1.54) is 36.0 Å². The van der Waals surface area contributed by atoms with Crippen molar-refractivity contribution in [1.29, 1.82) is 0 Å². The molecule has 0 bridgehead atoms. The molecule has 1 N–H and O–H groups in total. The van der Waals surface area contributed by atoms with Crippen LogP contribution < -0.4 is 5.32 Å². The number of carbonyl (C=O) groups excluding carboxylic acids is 1. The summed E-state index contributed by atoms with van der Waals surface area (Å²) in [6, 6.07) is 5.48. The molecule has 4 nitrogen and oxygen atoms in total. The van der Waals surface area contributed by atoms with Crippen LogP contribution in [0, 0.1) is 5.82 Å². The van der Waals surface area contributed by atoms with Crippen molar-refractivity contribution in [2.75, 3.05) is 12.4 Å². The molecule has 1 atom stereocenters. The second kappa shape index (κ2) is 6.15. The van der Waals surface area contributed by atoms with Gasteiger partial charge in [0, 0.05) is 24.3 Å². The van der Waals surface area contributed by atoms with Crippen LogP contribution in [0.5, 0.6) is 0 Å². The summed E-state index contributed by atoms with van der Waals surface area (Å²) in [5, 5.41) is 3.39. The van der Waals surface area contributed by atoms with E-state index >= 15 is 0 Å². The Labute approximate surface area is 127 Å². The summed E-state index contributed by atoms with van der Waals surface area (Å²) in [4.78, 5) is 16.7. The Morgan fingerprint density at radius 1 is 1.29 bits per heavy atom. The number of hydrogen-bond donors (Lipinski definition) is 1. The van der Waals surface area contributed by atoms with Crippen molar-refractivity contribution in [2.24, 2.45) is 4.99 Å². The van der Waals surface area contributed by atoms with Crippen LogP contribution in [0.4, 0.5) is 4.39 Å². The summed E-state index contributed by atoms with van der Waals surface area (Å²) >= 11 is 1.52. The van der Waals surface area contributed by atoms with Crippen molar-refractivity contribution in [3.8, 4) is 0 Å². The van der Waals surface area contributed by atoms with E-state index in [4.69, 9.17) is 4.74 Å². The molecule has 0 saturated carbocycles. The molecule has 1 aromatic rings. The molecule has 2 heterocycles. The third-order valence-electron chi connectivity index (χ3n) is 3.70. The van der Waals surface area contributed by atoms with Crippen molar-refractivity contribution in [1.82, 2.24) is 5.32 Å². The van der Waals surface area contributed by atoms with E-state index in [-0.39, 0.29) is 11.7 Å². The Balaban J connectivity index is 1.71. The normalized spacial score (nSPS) is 25.5. The van der Waals surface area contributed by atoms with Crippen molar-refractivity contribution in [2.45, 2.75) is 31.4 Å². The summed E-state index contributed by atoms with van der Waals surface area (Å²) in [6.07, 6.45) is 3.96. The van der Waals surface area contributed by atoms with Gasteiger partial charge in [0.1, 0.15) is 5.82 Å². The first kappa shape index (κ1) is 14.5. The average Bonchev–Trinajstić information content (AvgIpc) is 2.49. The van der Waals surface area contributed by atoms with Gasteiger partial charge in [-0.2, -0.15) is 0 Å². The second-order valence-electron chi connectivity index (χ2n) is 5.23. The first-order valence-electron chi connectivity index (χ1n) is 7.10. The fourth-order valence-corrected chi connectivity index (χ4v) is 3.55. The number of ether oxygens (including phenoxy) is 1. The summed E-state index contributed by atoms with van der Waals surface area (Å²) in [7, 11) is 0. The lowest BCUT2D eigenvalue weighted by Gasteiger charge is -2.36. The van der Waals surface area contributed by atoms with Gasteiger partial charge in [0.2, 0.25) is 0 Å². The molecule has 1 unspecified atom stereocenters. The lowest BCUT2D eigenvalue weighted by Crippen LogP contribution is -2.41. The molecule has 2 aliphatic rings. The average molecular weight is 308 g/mol. The van der Waals surface area contributed by atoms with Crippen molar-refractivity contribution in [3.05, 3.63) is 35.6 Å². The van der Waals surface area contributed by atoms with Crippen molar-refractivity contribution < 1.29 is 13.9 Å². The van der Waals surface area contributed by atoms with Gasteiger partial charge in [-0.3, -0.25) is 4.79 Å². The molecule has 1 saturated heterocycles. The molecule has 1 amide bonds. The fraction of sp³-hybridized carbons (Fsp3) is 0.467. The number of halogens is 1. The zero-order valence-corrected chi connectivity index (χ0v) is 12.4. The number of nitrogens with one attached hydrogen (secondary N) is 1. The van der Waals surface area contributed by atoms with Gasteiger partial charge in [0.05, 0.1) is 0 Å². The summed E-state index contributed by atoms with van der Waals surface area (Å²) in [6.45, 7) is 0.730. The smallest absolute Gasteiger partial charge is 0.257 e. The van der Waals surface area contributed by atoms with E-state index in [0.717, 1.165) is 38.0 Å². The molecule has 3 rings (SSSR count). The lowest BCUT2D eigenvalue weighted by atomic mass is 10.0. The van der Waals surface area contributed by atoms with Crippen molar-refractivity contribution in [3.63, 3.8) is 0 Å². The van der Waals surface area contributed by atoms with Crippen LogP contribution in [0.1, 0.15) is 36.0 Å². The van der Waals surface area contributed by atoms with Crippen LogP contribution in [0.3, 0.4) is 0 Å². The maximum Gasteiger partial charge on any atom is 0.257 e. The molecule has 6 heteroatoms. The zero-order valence-electron chi connectivity index (χ0n) is 11.6. The Hall–Kier alpha value is -1.40. The van der Waals surface area contributed by atoms with E-state index in [1.54, 1.807) is 0 Å². The van der Waals surface area contributed by atoms with Gasteiger partial charge in [-0.1, -0.05) is 11.8 Å². The van der Waals surface area contributed by atoms with Crippen LogP contribution in [-0.2, 0) is 4.74 Å². The Kier molecular flexibility index (Phi) is 4.26. The monoisotopic (exact) mass is 308 g/mol. The molecular formula is C15H17FN2O2S. The predicted octanol–water partition coefficient (Wildman–Crippen LogP) is 2.95. The highest BCUT2D eigenvalue weighted by atomic mass is 32.2. The van der Waals surface area contributed by atoms with Gasteiger partial charge in [-0.05, 0) is 43.5 Å². The number of nitrogens with zero attached hydrogens (tertiary/aromatic N) is 1. The van der Waals surface area contributed by atoms with E-state index in [9.17, 15) is 9.18 Å². The molecular weight excluding hydrogens is 291 g/mol. The minimum Gasteiger partial charge on any atom is -0.354 e. The van der Waals surface area contributed by atoms with E-state index in [0.29, 0.717) is 10.7 Å². The predicted molar refractivity (Wildman–Crippen MR) is 80.9 cm³/mol. The third-order valence-corrected chi connectivity index (χ3v) is 4.57. The molecule has 1 aromatic carbocycles. The van der Waals surface area contributed by atoms with E-state index in [2.05, 4.69) is 10.3 Å². The quantitative estimate of drug-likeness (QED) is 0.868. The van der Waals surface area contributed by atoms with E-state index in [1.807, 2.05) is 0 Å². The Bertz CT molecular complexity index is 553. The Morgan fingerprint density at radius 3 is 2.81 bits per heavy atom. The third kappa shape index (κ3) is 3.44. The minimum atomic E-state index is -0.449.